The molecular formula is C24H23FN6O3. The van der Waals surface area contributed by atoms with Crippen LogP contribution in [0.5, 0.6) is 0 Å². The van der Waals surface area contributed by atoms with Gasteiger partial charge in [-0.25, -0.2) is 13.9 Å². The number of anilines is 2. The zero-order chi connectivity index (χ0) is 23.3. The van der Waals surface area contributed by atoms with Crippen molar-refractivity contribution in [1.29, 1.82) is 0 Å². The van der Waals surface area contributed by atoms with E-state index in [1.165, 1.54) is 10.7 Å². The molecule has 34 heavy (non-hydrogen) atoms. The number of ether oxygens (including phenoxy) is 3. The number of hydrogen-bond acceptors (Lipinski definition) is 8. The van der Waals surface area contributed by atoms with E-state index in [1.54, 1.807) is 0 Å². The van der Waals surface area contributed by atoms with Crippen LogP contribution in [0.3, 0.4) is 0 Å². The van der Waals surface area contributed by atoms with Gasteiger partial charge in [0.2, 0.25) is 5.95 Å². The molecule has 0 bridgehead atoms. The summed E-state index contributed by atoms with van der Waals surface area (Å²) in [4.78, 5) is 8.14. The van der Waals surface area contributed by atoms with Crippen molar-refractivity contribution in [3.63, 3.8) is 0 Å². The van der Waals surface area contributed by atoms with E-state index in [-0.39, 0.29) is 24.0 Å². The van der Waals surface area contributed by atoms with Gasteiger partial charge in [0.05, 0.1) is 25.1 Å². The SMILES string of the molecule is Nc1nc(N)c2ncc([C@@H]3O[C@@H]4C(OCc5ccccc5)[C@@]4(OCc4ccccc4)[C@H]3F)n2n1. The molecule has 2 aromatic heterocycles. The fourth-order valence-electron chi connectivity index (χ4n) is 4.63. The zero-order valence-corrected chi connectivity index (χ0v) is 18.1. The number of benzene rings is 2. The predicted octanol–water partition coefficient (Wildman–Crippen LogP) is 2.62. The van der Waals surface area contributed by atoms with Crippen LogP contribution in [0.1, 0.15) is 22.9 Å². The summed E-state index contributed by atoms with van der Waals surface area (Å²) >= 11 is 0. The average molecular weight is 462 g/mol. The number of fused-ring (bicyclic) bond motifs is 2. The maximum atomic E-state index is 16.2. The smallest absolute Gasteiger partial charge is 0.240 e. The highest BCUT2D eigenvalue weighted by atomic mass is 19.1. The Bertz CT molecular complexity index is 1320. The summed E-state index contributed by atoms with van der Waals surface area (Å²) in [7, 11) is 0. The molecule has 5 atom stereocenters. The van der Waals surface area contributed by atoms with Crippen molar-refractivity contribution in [3.05, 3.63) is 83.7 Å². The Kier molecular flexibility index (Phi) is 4.94. The van der Waals surface area contributed by atoms with Crippen LogP contribution in [-0.2, 0) is 27.4 Å². The first-order valence-electron chi connectivity index (χ1n) is 11.0. The molecule has 4 N–H and O–H groups in total. The van der Waals surface area contributed by atoms with E-state index in [4.69, 9.17) is 25.7 Å². The summed E-state index contributed by atoms with van der Waals surface area (Å²) in [5.74, 6) is 0.0679. The third kappa shape index (κ3) is 3.30. The van der Waals surface area contributed by atoms with Crippen molar-refractivity contribution in [2.45, 2.75) is 43.3 Å². The lowest BCUT2D eigenvalue weighted by atomic mass is 10.1. The lowest BCUT2D eigenvalue weighted by Gasteiger charge is -2.23. The molecule has 2 aliphatic rings. The van der Waals surface area contributed by atoms with E-state index in [1.807, 2.05) is 60.7 Å². The quantitative estimate of drug-likeness (QED) is 0.430. The molecule has 9 nitrogen and oxygen atoms in total. The fraction of sp³-hybridized carbons (Fsp3) is 0.292. The number of halogens is 1. The molecule has 2 fully saturated rings. The van der Waals surface area contributed by atoms with Crippen LogP contribution < -0.4 is 11.5 Å². The van der Waals surface area contributed by atoms with Crippen LogP contribution in [0.25, 0.3) is 5.65 Å². The molecule has 174 valence electrons. The van der Waals surface area contributed by atoms with Gasteiger partial charge in [0.25, 0.3) is 0 Å². The molecule has 10 heteroatoms. The average Bonchev–Trinajstić information content (AvgIpc) is 3.08. The second-order valence-corrected chi connectivity index (χ2v) is 8.50. The Labute approximate surface area is 194 Å². The molecule has 1 aliphatic carbocycles. The summed E-state index contributed by atoms with van der Waals surface area (Å²) in [6.07, 6.45) is -2.15. The minimum absolute atomic E-state index is 0.0399. The Balaban J connectivity index is 1.28. The van der Waals surface area contributed by atoms with E-state index in [9.17, 15) is 0 Å². The number of nitrogens with zero attached hydrogens (tertiary/aromatic N) is 4. The molecule has 4 aromatic rings. The number of hydrogen-bond donors (Lipinski definition) is 2. The number of nitrogens with two attached hydrogens (primary N) is 2. The van der Waals surface area contributed by atoms with E-state index in [0.717, 1.165) is 11.1 Å². The first-order chi connectivity index (χ1) is 16.6. The molecule has 2 aromatic carbocycles. The maximum absolute atomic E-state index is 16.2. The second-order valence-electron chi connectivity index (χ2n) is 8.50. The molecule has 1 saturated heterocycles. The summed E-state index contributed by atoms with van der Waals surface area (Å²) < 4.78 is 36.0. The van der Waals surface area contributed by atoms with Crippen LogP contribution in [-0.4, -0.2) is 43.6 Å². The Morgan fingerprint density at radius 2 is 1.68 bits per heavy atom. The van der Waals surface area contributed by atoms with Crippen LogP contribution in [0.15, 0.2) is 66.9 Å². The monoisotopic (exact) mass is 462 g/mol. The number of aromatic nitrogens is 4. The number of imidazole rings is 1. The first-order valence-corrected chi connectivity index (χ1v) is 11.0. The van der Waals surface area contributed by atoms with Gasteiger partial charge in [-0.15, -0.1) is 5.10 Å². The van der Waals surface area contributed by atoms with Gasteiger partial charge >= 0.3 is 0 Å². The number of nitrogen functional groups attached to an aromatic ring is 2. The van der Waals surface area contributed by atoms with Gasteiger partial charge in [0.15, 0.2) is 23.2 Å². The molecule has 6 rings (SSSR count). The predicted molar refractivity (Wildman–Crippen MR) is 121 cm³/mol. The first kappa shape index (κ1) is 21.0. The van der Waals surface area contributed by atoms with E-state index < -0.39 is 30.1 Å². The summed E-state index contributed by atoms with van der Waals surface area (Å²) in [6, 6.07) is 19.3. The summed E-state index contributed by atoms with van der Waals surface area (Å²) in [5.41, 5.74) is 13.0. The third-order valence-electron chi connectivity index (χ3n) is 6.37. The molecule has 0 radical (unpaired) electrons. The van der Waals surface area contributed by atoms with Crippen molar-refractivity contribution in [2.24, 2.45) is 0 Å². The number of rotatable bonds is 7. The lowest BCUT2D eigenvalue weighted by molar-refractivity contribution is -0.0910. The van der Waals surface area contributed by atoms with Crippen molar-refractivity contribution < 1.29 is 18.6 Å². The van der Waals surface area contributed by atoms with Crippen LogP contribution >= 0.6 is 0 Å². The highest BCUT2D eigenvalue weighted by molar-refractivity contribution is 5.61. The van der Waals surface area contributed by atoms with Crippen LogP contribution in [0.4, 0.5) is 16.2 Å². The van der Waals surface area contributed by atoms with Crippen molar-refractivity contribution >= 4 is 17.4 Å². The van der Waals surface area contributed by atoms with Crippen LogP contribution in [0, 0.1) is 0 Å². The Morgan fingerprint density at radius 1 is 1.00 bits per heavy atom. The minimum atomic E-state index is -1.53. The molecule has 0 spiro atoms. The topological polar surface area (TPSA) is 123 Å². The van der Waals surface area contributed by atoms with Crippen molar-refractivity contribution in [1.82, 2.24) is 19.6 Å². The highest BCUT2D eigenvalue weighted by Crippen LogP contribution is 2.60. The van der Waals surface area contributed by atoms with Gasteiger partial charge in [0, 0.05) is 0 Å². The molecular weight excluding hydrogens is 439 g/mol. The standard InChI is InChI=1S/C24H23FN6O3/c25-18-17(16-11-28-22-21(26)29-23(27)30-31(16)22)34-20-19(32-12-14-7-3-1-4-8-14)24(18,20)33-13-15-9-5-2-6-10-15/h1-11,17-20H,12-13H2,(H4,26,27,29,30)/t17-,18-,19?,20+,24-/m0/s1. The van der Waals surface area contributed by atoms with Gasteiger partial charge in [-0.05, 0) is 11.1 Å². The fourth-order valence-corrected chi connectivity index (χ4v) is 4.63. The molecule has 3 heterocycles. The van der Waals surface area contributed by atoms with E-state index >= 15 is 4.39 Å². The Hall–Kier alpha value is -3.60. The zero-order valence-electron chi connectivity index (χ0n) is 18.1. The molecule has 1 aliphatic heterocycles. The highest BCUT2D eigenvalue weighted by Gasteiger charge is 2.80. The normalized spacial score (nSPS) is 27.7. The maximum Gasteiger partial charge on any atom is 0.240 e. The van der Waals surface area contributed by atoms with E-state index in [0.29, 0.717) is 12.3 Å². The third-order valence-corrected chi connectivity index (χ3v) is 6.37. The van der Waals surface area contributed by atoms with Gasteiger partial charge < -0.3 is 25.7 Å². The van der Waals surface area contributed by atoms with Gasteiger partial charge in [-0.2, -0.15) is 4.98 Å². The van der Waals surface area contributed by atoms with Crippen molar-refractivity contribution in [3.8, 4) is 0 Å². The summed E-state index contributed by atoms with van der Waals surface area (Å²) in [5, 5.41) is 4.15. The van der Waals surface area contributed by atoms with Crippen LogP contribution in [0.2, 0.25) is 0 Å². The molecule has 1 saturated carbocycles. The lowest BCUT2D eigenvalue weighted by Crippen LogP contribution is -2.35. The minimum Gasteiger partial charge on any atom is -0.380 e. The van der Waals surface area contributed by atoms with E-state index in [2.05, 4.69) is 15.1 Å². The van der Waals surface area contributed by atoms with Gasteiger partial charge in [0.1, 0.15) is 18.3 Å². The summed E-state index contributed by atoms with van der Waals surface area (Å²) in [6.45, 7) is 0.559. The van der Waals surface area contributed by atoms with Gasteiger partial charge in [-0.1, -0.05) is 60.7 Å². The Morgan fingerprint density at radius 3 is 2.38 bits per heavy atom. The number of alkyl halides is 1. The largest absolute Gasteiger partial charge is 0.380 e. The molecule has 1 unspecified atom stereocenters. The second kappa shape index (κ2) is 8.01. The van der Waals surface area contributed by atoms with Crippen molar-refractivity contribution in [2.75, 3.05) is 11.5 Å². The molecule has 0 amide bonds. The van der Waals surface area contributed by atoms with Gasteiger partial charge in [-0.3, -0.25) is 0 Å².